The topological polar surface area (TPSA) is 21.6 Å². The average Bonchev–Trinajstić information content (AvgIpc) is 2.19. The highest BCUT2D eigenvalue weighted by molar-refractivity contribution is 7.78. The Morgan fingerprint density at radius 2 is 2.08 bits per heavy atom. The fraction of sp³-hybridized carbons (Fsp3) is 0.100. The van der Waals surface area contributed by atoms with Gasteiger partial charge < -0.3 is 4.74 Å². The second kappa shape index (κ2) is 5.25. The van der Waals surface area contributed by atoms with Crippen LogP contribution in [-0.4, -0.2) is 12.3 Å². The first-order valence-electron chi connectivity index (χ1n) is 3.74. The Morgan fingerprint density at radius 3 is 2.62 bits per heavy atom. The zero-order chi connectivity index (χ0) is 9.52. The fourth-order valence-corrected chi connectivity index (χ4v) is 0.930. The molecule has 0 amide bonds. The highest BCUT2D eigenvalue weighted by Gasteiger charge is 1.88. The molecule has 0 aromatic heterocycles. The summed E-state index contributed by atoms with van der Waals surface area (Å²) in [6.45, 7) is 0. The second-order valence-corrected chi connectivity index (χ2v) is 2.49. The van der Waals surface area contributed by atoms with Gasteiger partial charge in [0.2, 0.25) is 0 Å². The predicted molar refractivity (Wildman–Crippen MR) is 57.1 cm³/mol. The minimum absolute atomic E-state index is 0.843. The van der Waals surface area contributed by atoms with Crippen molar-refractivity contribution in [2.24, 2.45) is 4.99 Å². The molecule has 0 spiro atoms. The smallest absolute Gasteiger partial charge is 0.118 e. The summed E-state index contributed by atoms with van der Waals surface area (Å²) < 4.78 is 5.02. The van der Waals surface area contributed by atoms with Crippen LogP contribution < -0.4 is 4.74 Å². The van der Waals surface area contributed by atoms with Gasteiger partial charge in [0.25, 0.3) is 0 Å². The Morgan fingerprint density at radius 1 is 1.38 bits per heavy atom. The zero-order valence-corrected chi connectivity index (χ0v) is 8.04. The highest BCUT2D eigenvalue weighted by Crippen LogP contribution is 2.11. The molecule has 0 aliphatic heterocycles. The molecule has 0 atom stereocenters. The number of aliphatic imine (C=N–C) groups is 1. The standard InChI is InChI=1S/C10H9NOS/c1-12-10-4-2-9(3-5-10)6-7-11-8-13/h2-7H,1H3. The minimum Gasteiger partial charge on any atom is -0.497 e. The van der Waals surface area contributed by atoms with Crippen LogP contribution in [0.4, 0.5) is 0 Å². The molecule has 0 radical (unpaired) electrons. The maximum Gasteiger partial charge on any atom is 0.118 e. The van der Waals surface area contributed by atoms with Crippen molar-refractivity contribution in [2.45, 2.75) is 0 Å². The van der Waals surface area contributed by atoms with Gasteiger partial charge in [0.15, 0.2) is 0 Å². The second-order valence-electron chi connectivity index (χ2n) is 2.31. The molecule has 0 saturated carbocycles. The van der Waals surface area contributed by atoms with E-state index in [2.05, 4.69) is 22.4 Å². The number of ether oxygens (including phenoxy) is 1. The van der Waals surface area contributed by atoms with Crippen molar-refractivity contribution in [3.05, 3.63) is 36.0 Å². The van der Waals surface area contributed by atoms with Gasteiger partial charge in [0.05, 0.1) is 12.3 Å². The van der Waals surface area contributed by atoms with E-state index in [9.17, 15) is 0 Å². The van der Waals surface area contributed by atoms with Crippen LogP contribution in [0, 0.1) is 0 Å². The number of hydrogen-bond donors (Lipinski definition) is 0. The number of methoxy groups -OCH3 is 1. The molecule has 0 N–H and O–H groups in total. The fourth-order valence-electron chi connectivity index (χ4n) is 0.869. The SMILES string of the molecule is COc1ccc(C=CN=C=S)cc1. The molecule has 0 fully saturated rings. The van der Waals surface area contributed by atoms with Gasteiger partial charge >= 0.3 is 0 Å². The summed E-state index contributed by atoms with van der Waals surface area (Å²) in [5, 5.41) is 2.26. The van der Waals surface area contributed by atoms with Gasteiger partial charge in [-0.1, -0.05) is 12.1 Å². The van der Waals surface area contributed by atoms with Crippen molar-refractivity contribution in [3.8, 4) is 5.75 Å². The molecule has 66 valence electrons. The van der Waals surface area contributed by atoms with E-state index in [1.54, 1.807) is 13.3 Å². The van der Waals surface area contributed by atoms with Crippen molar-refractivity contribution in [1.82, 2.24) is 0 Å². The van der Waals surface area contributed by atoms with Crippen LogP contribution in [0.25, 0.3) is 6.08 Å². The van der Waals surface area contributed by atoms with Crippen molar-refractivity contribution >= 4 is 23.5 Å². The van der Waals surface area contributed by atoms with Gasteiger partial charge in [-0.15, -0.1) is 0 Å². The maximum absolute atomic E-state index is 5.02. The van der Waals surface area contributed by atoms with E-state index in [1.165, 1.54) is 0 Å². The molecule has 0 aliphatic rings. The first-order valence-corrected chi connectivity index (χ1v) is 4.15. The summed E-state index contributed by atoms with van der Waals surface area (Å²) in [5.74, 6) is 0.843. The summed E-state index contributed by atoms with van der Waals surface area (Å²) >= 11 is 4.42. The molecule has 0 aliphatic carbocycles. The average molecular weight is 191 g/mol. The van der Waals surface area contributed by atoms with Crippen molar-refractivity contribution in [2.75, 3.05) is 7.11 Å². The zero-order valence-electron chi connectivity index (χ0n) is 7.23. The lowest BCUT2D eigenvalue weighted by molar-refractivity contribution is 0.415. The molecular weight excluding hydrogens is 182 g/mol. The van der Waals surface area contributed by atoms with Crippen molar-refractivity contribution < 1.29 is 4.74 Å². The van der Waals surface area contributed by atoms with Crippen molar-refractivity contribution in [3.63, 3.8) is 0 Å². The molecule has 1 aromatic carbocycles. The van der Waals surface area contributed by atoms with E-state index in [1.807, 2.05) is 30.3 Å². The maximum atomic E-state index is 5.02. The summed E-state index contributed by atoms with van der Waals surface area (Å²) in [5.41, 5.74) is 1.05. The monoisotopic (exact) mass is 191 g/mol. The predicted octanol–water partition coefficient (Wildman–Crippen LogP) is 2.77. The van der Waals surface area contributed by atoms with Gasteiger partial charge in [-0.05, 0) is 36.0 Å². The molecule has 0 saturated heterocycles. The first kappa shape index (κ1) is 9.65. The third-order valence-electron chi connectivity index (χ3n) is 1.51. The number of thiocarbonyl (C=S) groups is 1. The van der Waals surface area contributed by atoms with E-state index in [0.29, 0.717) is 0 Å². The van der Waals surface area contributed by atoms with E-state index < -0.39 is 0 Å². The number of nitrogens with zero attached hydrogens (tertiary/aromatic N) is 1. The van der Waals surface area contributed by atoms with E-state index in [4.69, 9.17) is 4.74 Å². The third-order valence-corrected chi connectivity index (χ3v) is 1.62. The lowest BCUT2D eigenvalue weighted by Gasteiger charge is -1.98. The first-order chi connectivity index (χ1) is 6.36. The summed E-state index contributed by atoms with van der Waals surface area (Å²) in [6, 6.07) is 7.66. The normalized spacial score (nSPS) is 9.62. The largest absolute Gasteiger partial charge is 0.497 e. The number of benzene rings is 1. The highest BCUT2D eigenvalue weighted by atomic mass is 32.1. The molecule has 13 heavy (non-hydrogen) atoms. The van der Waals surface area contributed by atoms with Crippen LogP contribution in [0.3, 0.4) is 0 Å². The van der Waals surface area contributed by atoms with Crippen molar-refractivity contribution in [1.29, 1.82) is 0 Å². The van der Waals surface area contributed by atoms with Crippen LogP contribution in [0.2, 0.25) is 0 Å². The van der Waals surface area contributed by atoms with Gasteiger partial charge in [-0.3, -0.25) is 0 Å². The van der Waals surface area contributed by atoms with Gasteiger partial charge in [-0.25, -0.2) is 4.99 Å². The third kappa shape index (κ3) is 3.20. The molecule has 0 bridgehead atoms. The van der Waals surface area contributed by atoms with E-state index in [-0.39, 0.29) is 0 Å². The molecule has 3 heteroatoms. The van der Waals surface area contributed by atoms with E-state index >= 15 is 0 Å². The summed E-state index contributed by atoms with van der Waals surface area (Å²) in [7, 11) is 1.64. The van der Waals surface area contributed by atoms with Crippen LogP contribution in [-0.2, 0) is 0 Å². The quantitative estimate of drug-likeness (QED) is 0.541. The number of isothiocyanates is 1. The van der Waals surface area contributed by atoms with Gasteiger partial charge in [0.1, 0.15) is 5.75 Å². The molecule has 0 unspecified atom stereocenters. The molecule has 1 rings (SSSR count). The molecule has 1 aromatic rings. The minimum atomic E-state index is 0.843. The van der Waals surface area contributed by atoms with Gasteiger partial charge in [0, 0.05) is 6.20 Å². The Labute approximate surface area is 82.6 Å². The molecular formula is C10H9NOS. The lowest BCUT2D eigenvalue weighted by Crippen LogP contribution is -1.81. The Bertz CT molecular complexity index is 336. The van der Waals surface area contributed by atoms with Crippen LogP contribution in [0.15, 0.2) is 35.5 Å². The number of hydrogen-bond acceptors (Lipinski definition) is 3. The number of rotatable bonds is 3. The Hall–Kier alpha value is -1.44. The van der Waals surface area contributed by atoms with Crippen LogP contribution in [0.1, 0.15) is 5.56 Å². The van der Waals surface area contributed by atoms with Crippen LogP contribution in [0.5, 0.6) is 5.75 Å². The Balaban J connectivity index is 2.74. The summed E-state index contributed by atoms with van der Waals surface area (Å²) in [4.78, 5) is 3.66. The van der Waals surface area contributed by atoms with Gasteiger partial charge in [-0.2, -0.15) is 0 Å². The molecule has 0 heterocycles. The lowest BCUT2D eigenvalue weighted by atomic mass is 10.2. The van der Waals surface area contributed by atoms with Crippen LogP contribution >= 0.6 is 12.2 Å². The summed E-state index contributed by atoms with van der Waals surface area (Å²) in [6.07, 6.45) is 3.45. The molecule has 2 nitrogen and oxygen atoms in total. The Kier molecular flexibility index (Phi) is 3.89. The van der Waals surface area contributed by atoms with E-state index in [0.717, 1.165) is 11.3 Å².